The third kappa shape index (κ3) is 2.88. The van der Waals surface area contributed by atoms with Gasteiger partial charge in [0, 0.05) is 12.1 Å². The molecule has 4 rings (SSSR count). The molecule has 0 bridgehead atoms. The van der Waals surface area contributed by atoms with Crippen LogP contribution >= 0.6 is 0 Å². The van der Waals surface area contributed by atoms with Crippen LogP contribution in [0.15, 0.2) is 59.3 Å². The van der Waals surface area contributed by atoms with Gasteiger partial charge < -0.3 is 14.4 Å². The first-order valence-corrected chi connectivity index (χ1v) is 8.31. The fourth-order valence-electron chi connectivity index (χ4n) is 3.03. The number of nitro groups is 1. The van der Waals surface area contributed by atoms with Gasteiger partial charge in [0.05, 0.1) is 28.5 Å². The molecular formula is C19H14N4O5. The number of amides is 1. The van der Waals surface area contributed by atoms with Crippen molar-refractivity contribution in [3.8, 4) is 11.5 Å². The highest BCUT2D eigenvalue weighted by atomic mass is 16.7. The third-order valence-corrected chi connectivity index (χ3v) is 4.28. The molecule has 0 saturated carbocycles. The van der Waals surface area contributed by atoms with Crippen LogP contribution < -0.4 is 14.4 Å². The summed E-state index contributed by atoms with van der Waals surface area (Å²) >= 11 is 0. The van der Waals surface area contributed by atoms with E-state index in [0.29, 0.717) is 23.6 Å². The summed E-state index contributed by atoms with van der Waals surface area (Å²) in [7, 11) is 0. The van der Waals surface area contributed by atoms with Gasteiger partial charge in [-0.15, -0.1) is 11.7 Å². The minimum Gasteiger partial charge on any atom is -0.454 e. The predicted molar refractivity (Wildman–Crippen MR) is 102 cm³/mol. The maximum atomic E-state index is 12.7. The van der Waals surface area contributed by atoms with E-state index in [1.165, 1.54) is 18.3 Å². The van der Waals surface area contributed by atoms with Crippen molar-refractivity contribution in [2.45, 2.75) is 0 Å². The molecule has 9 heteroatoms. The number of rotatable bonds is 5. The van der Waals surface area contributed by atoms with Gasteiger partial charge in [0.25, 0.3) is 11.6 Å². The van der Waals surface area contributed by atoms with E-state index in [-0.39, 0.29) is 29.7 Å². The van der Waals surface area contributed by atoms with E-state index in [9.17, 15) is 14.9 Å². The Morgan fingerprint density at radius 2 is 2.00 bits per heavy atom. The van der Waals surface area contributed by atoms with E-state index >= 15 is 0 Å². The van der Waals surface area contributed by atoms with Crippen molar-refractivity contribution in [1.29, 1.82) is 0 Å². The number of nitro benzene ring substituents is 1. The molecule has 0 radical (unpaired) electrons. The van der Waals surface area contributed by atoms with E-state index in [0.717, 1.165) is 5.69 Å². The van der Waals surface area contributed by atoms with Crippen LogP contribution in [0.4, 0.5) is 11.4 Å². The summed E-state index contributed by atoms with van der Waals surface area (Å²) in [5.74, 6) is 0.382. The van der Waals surface area contributed by atoms with E-state index in [1.807, 2.05) is 12.1 Å². The number of hydrogen-bond acceptors (Lipinski definition) is 7. The molecule has 140 valence electrons. The van der Waals surface area contributed by atoms with Gasteiger partial charge in [0.2, 0.25) is 6.79 Å². The van der Waals surface area contributed by atoms with E-state index in [1.54, 1.807) is 23.1 Å². The summed E-state index contributed by atoms with van der Waals surface area (Å²) in [6, 6.07) is 9.94. The molecule has 2 aliphatic heterocycles. The zero-order chi connectivity index (χ0) is 19.7. The molecule has 0 fully saturated rings. The van der Waals surface area contributed by atoms with Gasteiger partial charge >= 0.3 is 0 Å². The van der Waals surface area contributed by atoms with Gasteiger partial charge in [-0.05, 0) is 12.1 Å². The number of fused-ring (bicyclic) bond motifs is 2. The summed E-state index contributed by atoms with van der Waals surface area (Å²) in [6.07, 6.45) is 2.84. The van der Waals surface area contributed by atoms with Crippen molar-refractivity contribution in [3.05, 3.63) is 70.3 Å². The SMILES string of the molecule is C=CCN1C(=O)/C(=N\N=C\c2cc3c(cc2[N+](=O)[O-])OCO3)c2ccccc21. The molecule has 9 nitrogen and oxygen atoms in total. The summed E-state index contributed by atoms with van der Waals surface area (Å²) in [4.78, 5) is 25.0. The molecule has 0 atom stereocenters. The Morgan fingerprint density at radius 3 is 2.75 bits per heavy atom. The van der Waals surface area contributed by atoms with Crippen LogP contribution in [0, 0.1) is 10.1 Å². The lowest BCUT2D eigenvalue weighted by Gasteiger charge is -2.13. The van der Waals surface area contributed by atoms with Crippen LogP contribution in [-0.2, 0) is 4.79 Å². The second kappa shape index (κ2) is 6.95. The number of carbonyl (C=O) groups is 1. The second-order valence-electron chi connectivity index (χ2n) is 5.94. The van der Waals surface area contributed by atoms with Crippen molar-refractivity contribution in [1.82, 2.24) is 0 Å². The van der Waals surface area contributed by atoms with E-state index < -0.39 is 4.92 Å². The molecule has 0 aliphatic carbocycles. The maximum absolute atomic E-state index is 12.7. The first-order valence-electron chi connectivity index (χ1n) is 8.31. The summed E-state index contributed by atoms with van der Waals surface area (Å²) in [6.45, 7) is 4.00. The van der Waals surface area contributed by atoms with Gasteiger partial charge in [-0.1, -0.05) is 24.3 Å². The molecule has 0 unspecified atom stereocenters. The van der Waals surface area contributed by atoms with Crippen molar-refractivity contribution >= 4 is 29.2 Å². The molecule has 2 heterocycles. The predicted octanol–water partition coefficient (Wildman–Crippen LogP) is 2.68. The molecule has 28 heavy (non-hydrogen) atoms. The highest BCUT2D eigenvalue weighted by molar-refractivity contribution is 6.54. The van der Waals surface area contributed by atoms with Crippen molar-refractivity contribution in [3.63, 3.8) is 0 Å². The molecule has 0 aromatic heterocycles. The average Bonchev–Trinajstić information content (AvgIpc) is 3.25. The van der Waals surface area contributed by atoms with Gasteiger partial charge in [-0.3, -0.25) is 14.9 Å². The van der Waals surface area contributed by atoms with E-state index in [4.69, 9.17) is 9.47 Å². The van der Waals surface area contributed by atoms with Crippen LogP contribution in [0.5, 0.6) is 11.5 Å². The smallest absolute Gasteiger partial charge is 0.282 e. The zero-order valence-corrected chi connectivity index (χ0v) is 14.6. The largest absolute Gasteiger partial charge is 0.454 e. The number of hydrogen-bond donors (Lipinski definition) is 0. The molecule has 1 amide bonds. The lowest BCUT2D eigenvalue weighted by atomic mass is 10.1. The van der Waals surface area contributed by atoms with Gasteiger partial charge in [-0.25, -0.2) is 0 Å². The Labute approximate surface area is 159 Å². The van der Waals surface area contributed by atoms with Crippen molar-refractivity contribution < 1.29 is 19.2 Å². The molecule has 0 saturated heterocycles. The second-order valence-corrected chi connectivity index (χ2v) is 5.94. The number of nitrogens with zero attached hydrogens (tertiary/aromatic N) is 4. The lowest BCUT2D eigenvalue weighted by molar-refractivity contribution is -0.385. The summed E-state index contributed by atoms with van der Waals surface area (Å²) < 4.78 is 10.4. The van der Waals surface area contributed by atoms with Crippen LogP contribution in [0.2, 0.25) is 0 Å². The average molecular weight is 378 g/mol. The Morgan fingerprint density at radius 1 is 1.25 bits per heavy atom. The molecule has 2 aromatic carbocycles. The first-order chi connectivity index (χ1) is 13.6. The monoisotopic (exact) mass is 378 g/mol. The quantitative estimate of drug-likeness (QED) is 0.344. The Kier molecular flexibility index (Phi) is 4.32. The van der Waals surface area contributed by atoms with Crippen LogP contribution in [-0.4, -0.2) is 36.1 Å². The highest BCUT2D eigenvalue weighted by Gasteiger charge is 2.33. The fraction of sp³-hybridized carbons (Fsp3) is 0.105. The molecule has 2 aliphatic rings. The minimum atomic E-state index is -0.543. The fourth-order valence-corrected chi connectivity index (χ4v) is 3.03. The third-order valence-electron chi connectivity index (χ3n) is 4.28. The number of anilines is 1. The normalized spacial score (nSPS) is 16.1. The van der Waals surface area contributed by atoms with Gasteiger partial charge in [-0.2, -0.15) is 5.10 Å². The summed E-state index contributed by atoms with van der Waals surface area (Å²) in [5, 5.41) is 19.3. The molecule has 0 N–H and O–H groups in total. The lowest BCUT2D eigenvalue weighted by Crippen LogP contribution is -2.30. The van der Waals surface area contributed by atoms with Gasteiger partial charge in [0.15, 0.2) is 17.2 Å². The Bertz CT molecular complexity index is 1060. The number of benzene rings is 2. The van der Waals surface area contributed by atoms with Crippen LogP contribution in [0.1, 0.15) is 11.1 Å². The van der Waals surface area contributed by atoms with Crippen LogP contribution in [0.25, 0.3) is 0 Å². The Hall–Kier alpha value is -4.01. The highest BCUT2D eigenvalue weighted by Crippen LogP contribution is 2.37. The molecular weight excluding hydrogens is 364 g/mol. The number of carbonyl (C=O) groups excluding carboxylic acids is 1. The van der Waals surface area contributed by atoms with Gasteiger partial charge in [0.1, 0.15) is 0 Å². The number of para-hydroxylation sites is 1. The van der Waals surface area contributed by atoms with Crippen LogP contribution in [0.3, 0.4) is 0 Å². The maximum Gasteiger partial charge on any atom is 0.282 e. The topological polar surface area (TPSA) is 107 Å². The minimum absolute atomic E-state index is 0.000190. The number of ether oxygens (including phenoxy) is 2. The van der Waals surface area contributed by atoms with E-state index in [2.05, 4.69) is 16.8 Å². The zero-order valence-electron chi connectivity index (χ0n) is 14.6. The summed E-state index contributed by atoms with van der Waals surface area (Å²) in [5.41, 5.74) is 1.53. The molecule has 2 aromatic rings. The standard InChI is InChI=1S/C19H14N4O5/c1-2-7-22-14-6-4-3-5-13(14)18(19(22)24)21-20-10-12-8-16-17(28-11-27-16)9-15(12)23(25)26/h2-6,8-10H,1,7,11H2/b20-10+,21-18-. The van der Waals surface area contributed by atoms with Crippen molar-refractivity contribution in [2.24, 2.45) is 10.2 Å². The van der Waals surface area contributed by atoms with Crippen molar-refractivity contribution in [2.75, 3.05) is 18.2 Å². The molecule has 0 spiro atoms. The Balaban J connectivity index is 1.70. The first kappa shape index (κ1) is 17.4.